The first-order valence-corrected chi connectivity index (χ1v) is 7.71. The maximum Gasteiger partial charge on any atom is 0.226 e. The zero-order chi connectivity index (χ0) is 14.7. The van der Waals surface area contributed by atoms with Crippen molar-refractivity contribution >= 4 is 16.9 Å². The summed E-state index contributed by atoms with van der Waals surface area (Å²) in [7, 11) is 0. The Bertz CT molecular complexity index is 641. The molecule has 0 radical (unpaired) electrons. The van der Waals surface area contributed by atoms with Crippen molar-refractivity contribution in [2.45, 2.75) is 45.1 Å². The Balaban J connectivity index is 1.63. The number of fused-ring (bicyclic) bond motifs is 1. The minimum Gasteiger partial charge on any atom is -0.353 e. The molecule has 1 saturated carbocycles. The van der Waals surface area contributed by atoms with E-state index in [1.165, 1.54) is 12.8 Å². The van der Waals surface area contributed by atoms with Crippen LogP contribution in [0.3, 0.4) is 0 Å². The van der Waals surface area contributed by atoms with Crippen molar-refractivity contribution < 1.29 is 4.79 Å². The first-order chi connectivity index (χ1) is 10.2. The Morgan fingerprint density at radius 2 is 2.10 bits per heavy atom. The summed E-state index contributed by atoms with van der Waals surface area (Å²) >= 11 is 0. The first kappa shape index (κ1) is 14.0. The van der Waals surface area contributed by atoms with E-state index < -0.39 is 0 Å². The summed E-state index contributed by atoms with van der Waals surface area (Å²) in [4.78, 5) is 21.0. The molecule has 1 heterocycles. The fourth-order valence-electron chi connectivity index (χ4n) is 3.09. The topological polar surface area (TPSA) is 54.9 Å². The van der Waals surface area contributed by atoms with Gasteiger partial charge < -0.3 is 5.32 Å². The Hall–Kier alpha value is -1.97. The van der Waals surface area contributed by atoms with Gasteiger partial charge in [0, 0.05) is 12.2 Å². The number of para-hydroxylation sites is 2. The molecule has 1 aromatic heterocycles. The second kappa shape index (κ2) is 6.20. The summed E-state index contributed by atoms with van der Waals surface area (Å²) in [5.41, 5.74) is 2.44. The fraction of sp³-hybridized carbons (Fsp3) is 0.471. The van der Waals surface area contributed by atoms with Gasteiger partial charge >= 0.3 is 0 Å². The monoisotopic (exact) mass is 283 g/mol. The summed E-state index contributed by atoms with van der Waals surface area (Å²) in [5, 5.41) is 3.14. The van der Waals surface area contributed by atoms with Crippen LogP contribution in [-0.2, 0) is 11.2 Å². The Labute approximate surface area is 125 Å². The van der Waals surface area contributed by atoms with Crippen molar-refractivity contribution in [2.75, 3.05) is 0 Å². The van der Waals surface area contributed by atoms with Gasteiger partial charge in [-0.3, -0.25) is 9.78 Å². The lowest BCUT2D eigenvalue weighted by atomic mass is 9.87. The molecule has 0 saturated heterocycles. The van der Waals surface area contributed by atoms with Crippen LogP contribution in [0.1, 0.15) is 38.3 Å². The molecule has 0 bridgehead atoms. The number of amides is 1. The lowest BCUT2D eigenvalue weighted by Gasteiger charge is -2.27. The molecular formula is C17H21N3O. The highest BCUT2D eigenvalue weighted by Crippen LogP contribution is 2.23. The van der Waals surface area contributed by atoms with Crippen LogP contribution in [0.5, 0.6) is 0 Å². The summed E-state index contributed by atoms with van der Waals surface area (Å²) in [6.45, 7) is 2.26. The predicted molar refractivity (Wildman–Crippen MR) is 82.8 cm³/mol. The SMILES string of the molecule is CC1CCCC(NC(=O)Cc2cnc3ccccc3n2)C1. The minimum absolute atomic E-state index is 0.0543. The number of nitrogens with one attached hydrogen (secondary N) is 1. The summed E-state index contributed by atoms with van der Waals surface area (Å²) in [5.74, 6) is 0.767. The number of hydrogen-bond acceptors (Lipinski definition) is 3. The van der Waals surface area contributed by atoms with Gasteiger partial charge in [0.05, 0.1) is 23.1 Å². The van der Waals surface area contributed by atoms with Crippen LogP contribution < -0.4 is 5.32 Å². The molecule has 4 nitrogen and oxygen atoms in total. The second-order valence-electron chi connectivity index (χ2n) is 6.06. The highest BCUT2D eigenvalue weighted by atomic mass is 16.1. The number of hydrogen-bond donors (Lipinski definition) is 1. The van der Waals surface area contributed by atoms with E-state index in [9.17, 15) is 4.79 Å². The quantitative estimate of drug-likeness (QED) is 0.942. The fourth-order valence-corrected chi connectivity index (χ4v) is 3.09. The third-order valence-electron chi connectivity index (χ3n) is 4.14. The lowest BCUT2D eigenvalue weighted by Crippen LogP contribution is -2.38. The molecule has 2 atom stereocenters. The summed E-state index contributed by atoms with van der Waals surface area (Å²) in [6, 6.07) is 8.05. The first-order valence-electron chi connectivity index (χ1n) is 7.71. The van der Waals surface area contributed by atoms with Crippen molar-refractivity contribution in [2.24, 2.45) is 5.92 Å². The van der Waals surface area contributed by atoms with Gasteiger partial charge in [-0.05, 0) is 30.9 Å². The van der Waals surface area contributed by atoms with E-state index in [0.717, 1.165) is 29.6 Å². The van der Waals surface area contributed by atoms with Crippen LogP contribution in [0.2, 0.25) is 0 Å². The van der Waals surface area contributed by atoms with E-state index >= 15 is 0 Å². The van der Waals surface area contributed by atoms with E-state index in [0.29, 0.717) is 18.4 Å². The molecule has 1 aliphatic rings. The van der Waals surface area contributed by atoms with Gasteiger partial charge in [0.1, 0.15) is 0 Å². The van der Waals surface area contributed by atoms with Gasteiger partial charge in [-0.1, -0.05) is 31.9 Å². The van der Waals surface area contributed by atoms with Crippen molar-refractivity contribution in [3.8, 4) is 0 Å². The molecule has 0 aliphatic heterocycles. The van der Waals surface area contributed by atoms with Crippen molar-refractivity contribution in [1.29, 1.82) is 0 Å². The average molecular weight is 283 g/mol. The van der Waals surface area contributed by atoms with Crippen LogP contribution in [0.25, 0.3) is 11.0 Å². The zero-order valence-electron chi connectivity index (χ0n) is 12.4. The van der Waals surface area contributed by atoms with E-state index in [4.69, 9.17) is 0 Å². The number of carbonyl (C=O) groups is 1. The number of benzene rings is 1. The third kappa shape index (κ3) is 3.57. The zero-order valence-corrected chi connectivity index (χ0v) is 12.4. The van der Waals surface area contributed by atoms with Crippen molar-refractivity contribution in [3.05, 3.63) is 36.2 Å². The van der Waals surface area contributed by atoms with Crippen LogP contribution in [0.4, 0.5) is 0 Å². The highest BCUT2D eigenvalue weighted by Gasteiger charge is 2.20. The predicted octanol–water partition coefficient (Wildman–Crippen LogP) is 2.87. The molecule has 1 aliphatic carbocycles. The van der Waals surface area contributed by atoms with Gasteiger partial charge in [-0.15, -0.1) is 0 Å². The Morgan fingerprint density at radius 1 is 1.29 bits per heavy atom. The van der Waals surface area contributed by atoms with E-state index in [1.54, 1.807) is 6.20 Å². The molecule has 1 amide bonds. The van der Waals surface area contributed by atoms with Gasteiger partial charge in [0.2, 0.25) is 5.91 Å². The van der Waals surface area contributed by atoms with E-state index in [2.05, 4.69) is 22.2 Å². The Morgan fingerprint density at radius 3 is 2.90 bits per heavy atom. The normalized spacial score (nSPS) is 22.1. The molecular weight excluding hydrogens is 262 g/mol. The molecule has 1 aromatic carbocycles. The van der Waals surface area contributed by atoms with E-state index in [-0.39, 0.29) is 5.91 Å². The Kier molecular flexibility index (Phi) is 4.13. The average Bonchev–Trinajstić information content (AvgIpc) is 2.47. The van der Waals surface area contributed by atoms with Gasteiger partial charge in [-0.2, -0.15) is 0 Å². The van der Waals surface area contributed by atoms with Crippen molar-refractivity contribution in [3.63, 3.8) is 0 Å². The second-order valence-corrected chi connectivity index (χ2v) is 6.06. The molecule has 0 spiro atoms. The minimum atomic E-state index is 0.0543. The molecule has 4 heteroatoms. The number of rotatable bonds is 3. The molecule has 2 aromatic rings. The number of nitrogens with zero attached hydrogens (tertiary/aromatic N) is 2. The summed E-state index contributed by atoms with van der Waals surface area (Å²) < 4.78 is 0. The molecule has 1 fully saturated rings. The summed E-state index contributed by atoms with van der Waals surface area (Å²) in [6.07, 6.45) is 6.69. The largest absolute Gasteiger partial charge is 0.353 e. The number of aromatic nitrogens is 2. The van der Waals surface area contributed by atoms with Gasteiger partial charge in [0.15, 0.2) is 0 Å². The highest BCUT2D eigenvalue weighted by molar-refractivity contribution is 5.79. The van der Waals surface area contributed by atoms with Crippen LogP contribution in [0, 0.1) is 5.92 Å². The van der Waals surface area contributed by atoms with Gasteiger partial charge in [0.25, 0.3) is 0 Å². The number of carbonyl (C=O) groups excluding carboxylic acids is 1. The maximum absolute atomic E-state index is 12.1. The van der Waals surface area contributed by atoms with Crippen LogP contribution in [0.15, 0.2) is 30.5 Å². The van der Waals surface area contributed by atoms with E-state index in [1.807, 2.05) is 24.3 Å². The molecule has 21 heavy (non-hydrogen) atoms. The maximum atomic E-state index is 12.1. The molecule has 1 N–H and O–H groups in total. The smallest absolute Gasteiger partial charge is 0.226 e. The molecule has 3 rings (SSSR count). The third-order valence-corrected chi connectivity index (χ3v) is 4.14. The standard InChI is InChI=1S/C17H21N3O/c1-12-5-4-6-13(9-12)20-17(21)10-14-11-18-15-7-2-3-8-16(15)19-14/h2-3,7-8,11-13H,4-6,9-10H2,1H3,(H,20,21). The van der Waals surface area contributed by atoms with Crippen LogP contribution >= 0.6 is 0 Å². The van der Waals surface area contributed by atoms with Gasteiger partial charge in [-0.25, -0.2) is 4.98 Å². The lowest BCUT2D eigenvalue weighted by molar-refractivity contribution is -0.121. The molecule has 2 unspecified atom stereocenters. The molecule has 110 valence electrons. The van der Waals surface area contributed by atoms with Crippen LogP contribution in [-0.4, -0.2) is 21.9 Å². The van der Waals surface area contributed by atoms with Crippen molar-refractivity contribution in [1.82, 2.24) is 15.3 Å².